The number of nitrogens with two attached hydrogens (primary N) is 1. The summed E-state index contributed by atoms with van der Waals surface area (Å²) in [4.78, 5) is 17.5. The molecule has 4 heterocycles. The molecule has 0 aromatic carbocycles. The van der Waals surface area contributed by atoms with Crippen LogP contribution in [0.1, 0.15) is 16.9 Å². The standard InChI is InChI=1S/C18H13N5O2/c1-11-4-5-15-21-17-14(18(24)22(15)9-11)7-12(8-19)16(20)23(17)10-13-3-2-6-25-13/h2-7,9,20H,10H2,1H3/p+1. The molecule has 0 bridgehead atoms. The molecule has 0 saturated heterocycles. The summed E-state index contributed by atoms with van der Waals surface area (Å²) < 4.78 is 8.49. The van der Waals surface area contributed by atoms with Crippen LogP contribution in [0.25, 0.3) is 16.7 Å². The van der Waals surface area contributed by atoms with Crippen molar-refractivity contribution < 1.29 is 8.98 Å². The number of hydrogen-bond donors (Lipinski definition) is 1. The predicted octanol–water partition coefficient (Wildman–Crippen LogP) is 1.54. The van der Waals surface area contributed by atoms with Crippen molar-refractivity contribution in [2.24, 2.45) is 0 Å². The van der Waals surface area contributed by atoms with E-state index < -0.39 is 0 Å². The van der Waals surface area contributed by atoms with Gasteiger partial charge in [-0.15, -0.1) is 0 Å². The first kappa shape index (κ1) is 14.9. The van der Waals surface area contributed by atoms with Gasteiger partial charge >= 0.3 is 0 Å². The highest BCUT2D eigenvalue weighted by Crippen LogP contribution is 2.15. The van der Waals surface area contributed by atoms with E-state index in [9.17, 15) is 10.1 Å². The van der Waals surface area contributed by atoms with Gasteiger partial charge in [-0.25, -0.2) is 4.57 Å². The van der Waals surface area contributed by atoms with E-state index >= 15 is 0 Å². The van der Waals surface area contributed by atoms with Gasteiger partial charge in [-0.3, -0.25) is 9.20 Å². The lowest BCUT2D eigenvalue weighted by molar-refractivity contribution is -0.651. The van der Waals surface area contributed by atoms with E-state index in [1.165, 1.54) is 10.5 Å². The van der Waals surface area contributed by atoms with Crippen LogP contribution in [0.3, 0.4) is 0 Å². The molecule has 25 heavy (non-hydrogen) atoms. The number of furan rings is 1. The molecule has 0 aliphatic heterocycles. The lowest BCUT2D eigenvalue weighted by Crippen LogP contribution is -2.41. The average molecular weight is 332 g/mol. The van der Waals surface area contributed by atoms with Crippen molar-refractivity contribution in [3.63, 3.8) is 0 Å². The molecule has 4 aromatic rings. The second-order valence-electron chi connectivity index (χ2n) is 5.81. The molecule has 0 aliphatic carbocycles. The minimum atomic E-state index is -0.242. The summed E-state index contributed by atoms with van der Waals surface area (Å²) in [5, 5.41) is 9.71. The molecular formula is C18H14N5O2+. The summed E-state index contributed by atoms with van der Waals surface area (Å²) in [6.07, 6.45) is 3.28. The Hall–Kier alpha value is -3.66. The number of anilines is 1. The molecule has 4 aromatic heterocycles. The van der Waals surface area contributed by atoms with Gasteiger partial charge in [0.05, 0.1) is 6.26 Å². The second-order valence-corrected chi connectivity index (χ2v) is 5.81. The van der Waals surface area contributed by atoms with Crippen molar-refractivity contribution >= 4 is 22.5 Å². The van der Waals surface area contributed by atoms with Crippen molar-refractivity contribution in [3.05, 3.63) is 70.0 Å². The zero-order valence-corrected chi connectivity index (χ0v) is 13.4. The Morgan fingerprint density at radius 2 is 2.24 bits per heavy atom. The normalized spacial score (nSPS) is 11.0. The Kier molecular flexibility index (Phi) is 3.25. The third-order valence-electron chi connectivity index (χ3n) is 4.11. The summed E-state index contributed by atoms with van der Waals surface area (Å²) in [6.45, 7) is 2.18. The zero-order chi connectivity index (χ0) is 17.6. The number of pyridine rings is 2. The minimum Gasteiger partial charge on any atom is -0.466 e. The van der Waals surface area contributed by atoms with Crippen molar-refractivity contribution in [1.82, 2.24) is 9.38 Å². The Morgan fingerprint density at radius 1 is 1.40 bits per heavy atom. The fraction of sp³-hybridized carbons (Fsp3) is 0.111. The molecule has 0 spiro atoms. The highest BCUT2D eigenvalue weighted by molar-refractivity contribution is 5.76. The van der Waals surface area contributed by atoms with Crippen LogP contribution in [0, 0.1) is 18.3 Å². The van der Waals surface area contributed by atoms with Gasteiger partial charge < -0.3 is 10.2 Å². The number of nitrogen functional groups attached to an aromatic ring is 1. The maximum atomic E-state index is 12.9. The lowest BCUT2D eigenvalue weighted by Gasteiger charge is -2.08. The van der Waals surface area contributed by atoms with Crippen LogP contribution in [-0.4, -0.2) is 9.38 Å². The summed E-state index contributed by atoms with van der Waals surface area (Å²) in [5.41, 5.74) is 8.00. The van der Waals surface area contributed by atoms with Crippen LogP contribution in [0.15, 0.2) is 52.0 Å². The molecule has 2 N–H and O–H groups in total. The number of hydrogen-bond acceptors (Lipinski definition) is 5. The largest absolute Gasteiger partial charge is 0.466 e. The number of nitrogens with zero attached hydrogens (tertiary/aromatic N) is 4. The maximum absolute atomic E-state index is 12.9. The molecule has 0 atom stereocenters. The molecular weight excluding hydrogens is 318 g/mol. The van der Waals surface area contributed by atoms with E-state index in [1.807, 2.05) is 19.1 Å². The Balaban J connectivity index is 2.13. The average Bonchev–Trinajstić information content (AvgIpc) is 3.11. The summed E-state index contributed by atoms with van der Waals surface area (Å²) in [6, 6.07) is 10.8. The van der Waals surface area contributed by atoms with E-state index in [2.05, 4.69) is 4.98 Å². The lowest BCUT2D eigenvalue weighted by atomic mass is 10.2. The van der Waals surface area contributed by atoms with E-state index in [0.29, 0.717) is 22.4 Å². The Labute approximate surface area is 142 Å². The molecule has 122 valence electrons. The SMILES string of the molecule is Cc1ccc2nc3c(cc(C#N)c(N)[n+]3Cc3ccco3)c(=O)n2c1. The van der Waals surface area contributed by atoms with Gasteiger partial charge in [0.25, 0.3) is 11.2 Å². The quantitative estimate of drug-likeness (QED) is 0.443. The molecule has 0 unspecified atom stereocenters. The van der Waals surface area contributed by atoms with Gasteiger partial charge in [0.2, 0.25) is 11.5 Å². The molecule has 0 fully saturated rings. The van der Waals surface area contributed by atoms with E-state index in [4.69, 9.17) is 10.2 Å². The van der Waals surface area contributed by atoms with Crippen LogP contribution in [0.2, 0.25) is 0 Å². The number of nitriles is 1. The summed E-state index contributed by atoms with van der Waals surface area (Å²) in [5.74, 6) is 0.897. The monoisotopic (exact) mass is 332 g/mol. The number of rotatable bonds is 2. The number of aryl methyl sites for hydroxylation is 1. The molecule has 7 heteroatoms. The topological polar surface area (TPSA) is 101 Å². The summed E-state index contributed by atoms with van der Waals surface area (Å²) >= 11 is 0. The minimum absolute atomic E-state index is 0.227. The molecule has 7 nitrogen and oxygen atoms in total. The fourth-order valence-electron chi connectivity index (χ4n) is 2.86. The van der Waals surface area contributed by atoms with Crippen LogP contribution in [0.4, 0.5) is 5.82 Å². The smallest absolute Gasteiger partial charge is 0.278 e. The number of aromatic nitrogens is 3. The molecule has 0 radical (unpaired) electrons. The third-order valence-corrected chi connectivity index (χ3v) is 4.11. The first-order chi connectivity index (χ1) is 12.1. The predicted molar refractivity (Wildman–Crippen MR) is 90.8 cm³/mol. The first-order valence-corrected chi connectivity index (χ1v) is 7.66. The Bertz CT molecular complexity index is 1220. The van der Waals surface area contributed by atoms with E-state index in [-0.39, 0.29) is 23.5 Å². The van der Waals surface area contributed by atoms with Gasteiger partial charge in [-0.05, 0) is 36.8 Å². The van der Waals surface area contributed by atoms with E-state index in [0.717, 1.165) is 5.56 Å². The van der Waals surface area contributed by atoms with Gasteiger partial charge in [-0.1, -0.05) is 11.1 Å². The van der Waals surface area contributed by atoms with Crippen molar-refractivity contribution in [2.75, 3.05) is 5.73 Å². The maximum Gasteiger partial charge on any atom is 0.278 e. The number of fused-ring (bicyclic) bond motifs is 2. The van der Waals surface area contributed by atoms with Crippen LogP contribution in [-0.2, 0) is 6.54 Å². The molecule has 0 saturated carbocycles. The zero-order valence-electron chi connectivity index (χ0n) is 13.4. The van der Waals surface area contributed by atoms with Gasteiger partial charge in [0, 0.05) is 6.20 Å². The molecule has 0 amide bonds. The highest BCUT2D eigenvalue weighted by Gasteiger charge is 2.21. The van der Waals surface area contributed by atoms with Gasteiger partial charge in [-0.2, -0.15) is 5.26 Å². The molecule has 0 aliphatic rings. The van der Waals surface area contributed by atoms with Crippen molar-refractivity contribution in [1.29, 1.82) is 5.26 Å². The van der Waals surface area contributed by atoms with Crippen LogP contribution < -0.4 is 15.9 Å². The Morgan fingerprint density at radius 3 is 2.96 bits per heavy atom. The highest BCUT2D eigenvalue weighted by atomic mass is 16.3. The van der Waals surface area contributed by atoms with Crippen LogP contribution in [0.5, 0.6) is 0 Å². The summed E-state index contributed by atoms with van der Waals surface area (Å²) in [7, 11) is 0. The fourth-order valence-corrected chi connectivity index (χ4v) is 2.86. The van der Waals surface area contributed by atoms with Gasteiger partial charge in [0.15, 0.2) is 0 Å². The van der Waals surface area contributed by atoms with Gasteiger partial charge in [0.1, 0.15) is 29.3 Å². The third kappa shape index (κ3) is 2.32. The first-order valence-electron chi connectivity index (χ1n) is 7.66. The second kappa shape index (κ2) is 5.46. The van der Waals surface area contributed by atoms with E-state index in [1.54, 1.807) is 35.2 Å². The molecule has 4 rings (SSSR count). The van der Waals surface area contributed by atoms with Crippen molar-refractivity contribution in [2.45, 2.75) is 13.5 Å². The van der Waals surface area contributed by atoms with Crippen molar-refractivity contribution in [3.8, 4) is 6.07 Å². The van der Waals surface area contributed by atoms with Crippen LogP contribution >= 0.6 is 0 Å².